The minimum Gasteiger partial charge on any atom is -0.456 e. The van der Waals surface area contributed by atoms with Crippen molar-refractivity contribution in [2.75, 3.05) is 0 Å². The molecule has 0 bridgehead atoms. The number of carbonyl (C=O) groups excluding carboxylic acids is 1. The van der Waals surface area contributed by atoms with Gasteiger partial charge in [0.15, 0.2) is 0 Å². The average molecular weight is 212 g/mol. The maximum Gasteiger partial charge on any atom is 0.333 e. The molecule has 0 fully saturated rings. The van der Waals surface area contributed by atoms with Gasteiger partial charge >= 0.3 is 5.97 Å². The van der Waals surface area contributed by atoms with Crippen LogP contribution >= 0.6 is 0 Å². The molecule has 15 heavy (non-hydrogen) atoms. The molecule has 0 heterocycles. The van der Waals surface area contributed by atoms with Crippen LogP contribution in [0.2, 0.25) is 0 Å². The Morgan fingerprint density at radius 3 is 2.27 bits per heavy atom. The smallest absolute Gasteiger partial charge is 0.333 e. The van der Waals surface area contributed by atoms with Crippen LogP contribution in [0.25, 0.3) is 0 Å². The molecule has 0 aliphatic rings. The second-order valence-corrected chi connectivity index (χ2v) is 4.75. The molecule has 0 saturated heterocycles. The van der Waals surface area contributed by atoms with E-state index in [0.29, 0.717) is 17.9 Å². The molecule has 0 aliphatic carbocycles. The van der Waals surface area contributed by atoms with E-state index in [1.54, 1.807) is 0 Å². The Morgan fingerprint density at radius 1 is 1.40 bits per heavy atom. The second-order valence-electron chi connectivity index (χ2n) is 4.75. The Morgan fingerprint density at radius 2 is 1.93 bits per heavy atom. The number of hydrogen-bond donors (Lipinski definition) is 0. The van der Waals surface area contributed by atoms with Crippen LogP contribution in [0.15, 0.2) is 12.2 Å². The summed E-state index contributed by atoms with van der Waals surface area (Å²) in [6.07, 6.45) is 2.39. The third kappa shape index (κ3) is 5.01. The van der Waals surface area contributed by atoms with Crippen molar-refractivity contribution < 1.29 is 9.53 Å². The van der Waals surface area contributed by atoms with Crippen LogP contribution in [-0.4, -0.2) is 11.6 Å². The molecule has 88 valence electrons. The zero-order valence-corrected chi connectivity index (χ0v) is 10.7. The number of esters is 1. The Balaban J connectivity index is 4.43. The molecule has 2 heteroatoms. The van der Waals surface area contributed by atoms with E-state index in [-0.39, 0.29) is 11.6 Å². The van der Waals surface area contributed by atoms with Crippen molar-refractivity contribution >= 4 is 5.97 Å². The van der Waals surface area contributed by atoms with Crippen LogP contribution in [-0.2, 0) is 9.53 Å². The van der Waals surface area contributed by atoms with E-state index in [2.05, 4.69) is 20.4 Å². The van der Waals surface area contributed by atoms with Gasteiger partial charge in [-0.3, -0.25) is 0 Å². The summed E-state index contributed by atoms with van der Waals surface area (Å²) < 4.78 is 5.51. The predicted octanol–water partition coefficient (Wildman–Crippen LogP) is 3.71. The quantitative estimate of drug-likeness (QED) is 0.495. The summed E-state index contributed by atoms with van der Waals surface area (Å²) in [4.78, 5) is 11.6. The minimum absolute atomic E-state index is 0.248. The van der Waals surface area contributed by atoms with E-state index in [4.69, 9.17) is 4.74 Å². The van der Waals surface area contributed by atoms with Crippen LogP contribution in [0.3, 0.4) is 0 Å². The standard InChI is InChI=1S/C13H24O2/c1-7-11(5)12(14)15-13(6,8-2)9-10(3)4/h10H,5,7-9H2,1-4,6H3. The van der Waals surface area contributed by atoms with E-state index >= 15 is 0 Å². The van der Waals surface area contributed by atoms with Crippen molar-refractivity contribution in [1.29, 1.82) is 0 Å². The van der Waals surface area contributed by atoms with Crippen molar-refractivity contribution in [3.63, 3.8) is 0 Å². The van der Waals surface area contributed by atoms with Gasteiger partial charge in [-0.1, -0.05) is 34.3 Å². The zero-order valence-electron chi connectivity index (χ0n) is 10.7. The van der Waals surface area contributed by atoms with Crippen molar-refractivity contribution in [2.24, 2.45) is 5.92 Å². The molecule has 1 atom stereocenters. The van der Waals surface area contributed by atoms with Gasteiger partial charge in [0, 0.05) is 5.57 Å². The molecular formula is C13H24O2. The highest BCUT2D eigenvalue weighted by Crippen LogP contribution is 2.25. The summed E-state index contributed by atoms with van der Waals surface area (Å²) in [5, 5.41) is 0. The fourth-order valence-electron chi connectivity index (χ4n) is 1.56. The molecule has 0 saturated carbocycles. The van der Waals surface area contributed by atoms with Crippen molar-refractivity contribution in [3.8, 4) is 0 Å². The first-order chi connectivity index (χ1) is 6.84. The normalized spacial score (nSPS) is 14.8. The van der Waals surface area contributed by atoms with Crippen molar-refractivity contribution in [3.05, 3.63) is 12.2 Å². The molecule has 0 aromatic rings. The topological polar surface area (TPSA) is 26.3 Å². The summed E-state index contributed by atoms with van der Waals surface area (Å²) in [5.74, 6) is 0.278. The van der Waals surface area contributed by atoms with E-state index < -0.39 is 0 Å². The predicted molar refractivity (Wildman–Crippen MR) is 63.7 cm³/mol. The lowest BCUT2D eigenvalue weighted by Gasteiger charge is -2.30. The average Bonchev–Trinajstić information content (AvgIpc) is 2.15. The fraction of sp³-hybridized carbons (Fsp3) is 0.769. The summed E-state index contributed by atoms with van der Waals surface area (Å²) in [5.41, 5.74) is 0.210. The summed E-state index contributed by atoms with van der Waals surface area (Å²) >= 11 is 0. The maximum atomic E-state index is 11.6. The van der Waals surface area contributed by atoms with Gasteiger partial charge in [0.05, 0.1) is 0 Å². The molecule has 2 nitrogen and oxygen atoms in total. The van der Waals surface area contributed by atoms with Gasteiger partial charge in [-0.15, -0.1) is 0 Å². The molecular weight excluding hydrogens is 188 g/mol. The van der Waals surface area contributed by atoms with Gasteiger partial charge in [0.1, 0.15) is 5.60 Å². The number of rotatable bonds is 6. The van der Waals surface area contributed by atoms with Gasteiger partial charge in [-0.05, 0) is 32.1 Å². The molecule has 0 aliphatic heterocycles. The first-order valence-corrected chi connectivity index (χ1v) is 5.75. The third-order valence-corrected chi connectivity index (χ3v) is 2.64. The van der Waals surface area contributed by atoms with E-state index in [0.717, 1.165) is 12.8 Å². The first kappa shape index (κ1) is 14.2. The summed E-state index contributed by atoms with van der Waals surface area (Å²) in [6.45, 7) is 13.9. The van der Waals surface area contributed by atoms with Crippen molar-refractivity contribution in [1.82, 2.24) is 0 Å². The molecule has 0 rings (SSSR count). The van der Waals surface area contributed by atoms with Gasteiger partial charge in [0.25, 0.3) is 0 Å². The summed E-state index contributed by atoms with van der Waals surface area (Å²) in [7, 11) is 0. The Hall–Kier alpha value is -0.790. The van der Waals surface area contributed by atoms with Gasteiger partial charge < -0.3 is 4.74 Å². The number of hydrogen-bond acceptors (Lipinski definition) is 2. The van der Waals surface area contributed by atoms with Crippen LogP contribution in [0.1, 0.15) is 53.9 Å². The molecule has 0 aromatic heterocycles. The Bertz CT molecular complexity index is 231. The minimum atomic E-state index is -0.344. The van der Waals surface area contributed by atoms with Gasteiger partial charge in [-0.2, -0.15) is 0 Å². The Kier molecular flexibility index (Phi) is 5.63. The maximum absolute atomic E-state index is 11.6. The monoisotopic (exact) mass is 212 g/mol. The second kappa shape index (κ2) is 5.94. The highest BCUT2D eigenvalue weighted by molar-refractivity contribution is 5.87. The highest BCUT2D eigenvalue weighted by atomic mass is 16.6. The molecule has 1 unspecified atom stereocenters. The first-order valence-electron chi connectivity index (χ1n) is 5.75. The van der Waals surface area contributed by atoms with Crippen LogP contribution in [0.5, 0.6) is 0 Å². The van der Waals surface area contributed by atoms with E-state index in [1.165, 1.54) is 0 Å². The lowest BCUT2D eigenvalue weighted by Crippen LogP contribution is -2.33. The zero-order chi connectivity index (χ0) is 12.1. The number of carbonyl (C=O) groups is 1. The van der Waals surface area contributed by atoms with Crippen molar-refractivity contribution in [2.45, 2.75) is 59.5 Å². The van der Waals surface area contributed by atoms with Gasteiger partial charge in [0.2, 0.25) is 0 Å². The molecule has 0 amide bonds. The Labute approximate surface area is 93.7 Å². The molecule has 0 spiro atoms. The largest absolute Gasteiger partial charge is 0.456 e. The van der Waals surface area contributed by atoms with Crippen LogP contribution < -0.4 is 0 Å². The highest BCUT2D eigenvalue weighted by Gasteiger charge is 2.28. The number of ether oxygens (including phenoxy) is 1. The van der Waals surface area contributed by atoms with Gasteiger partial charge in [-0.25, -0.2) is 4.79 Å². The molecule has 0 aromatic carbocycles. The SMILES string of the molecule is C=C(CC)C(=O)OC(C)(CC)CC(C)C. The van der Waals surface area contributed by atoms with Crippen LogP contribution in [0.4, 0.5) is 0 Å². The molecule has 0 N–H and O–H groups in total. The lowest BCUT2D eigenvalue weighted by molar-refractivity contribution is -0.155. The van der Waals surface area contributed by atoms with E-state index in [1.807, 2.05) is 20.8 Å². The summed E-state index contributed by atoms with van der Waals surface area (Å²) in [6, 6.07) is 0. The third-order valence-electron chi connectivity index (χ3n) is 2.64. The fourth-order valence-corrected chi connectivity index (χ4v) is 1.56. The van der Waals surface area contributed by atoms with Crippen LogP contribution in [0, 0.1) is 5.92 Å². The molecule has 0 radical (unpaired) electrons. The lowest BCUT2D eigenvalue weighted by atomic mass is 9.91. The van der Waals surface area contributed by atoms with E-state index in [9.17, 15) is 4.79 Å².